The molecule has 1 nitrogen and oxygen atoms in total. The molecule has 0 aliphatic heterocycles. The van der Waals surface area contributed by atoms with Crippen LogP contribution in [0.3, 0.4) is 0 Å². The number of carbonyl (C=O) groups excluding carboxylic acids is 1. The summed E-state index contributed by atoms with van der Waals surface area (Å²) < 4.78 is 0. The fourth-order valence-corrected chi connectivity index (χ4v) is 3.14. The molecule has 1 heteroatoms. The highest BCUT2D eigenvalue weighted by Crippen LogP contribution is 2.59. The molecular weight excluding hydrogens is 124 g/mol. The number of Topliss-reactive ketones (excluding diaryl/α,β-unsaturated/α-hetero) is 1. The van der Waals surface area contributed by atoms with E-state index >= 15 is 0 Å². The van der Waals surface area contributed by atoms with Crippen LogP contribution in [0.2, 0.25) is 0 Å². The molecule has 0 radical (unpaired) electrons. The average Bonchev–Trinajstić information content (AvgIpc) is 2.01. The third-order valence-corrected chi connectivity index (χ3v) is 3.95. The van der Waals surface area contributed by atoms with Crippen LogP contribution in [-0.4, -0.2) is 5.78 Å². The molecule has 3 aliphatic carbocycles. The molecule has 0 aromatic carbocycles. The number of rotatable bonds is 0. The van der Waals surface area contributed by atoms with Gasteiger partial charge in [-0.1, -0.05) is 0 Å². The van der Waals surface area contributed by atoms with Crippen LogP contribution in [0.25, 0.3) is 0 Å². The zero-order valence-electron chi connectivity index (χ0n) is 6.05. The summed E-state index contributed by atoms with van der Waals surface area (Å²) in [6, 6.07) is 0. The van der Waals surface area contributed by atoms with Crippen LogP contribution in [0.5, 0.6) is 0 Å². The highest BCUT2D eigenvalue weighted by molar-refractivity contribution is 5.88. The molecule has 4 atom stereocenters. The van der Waals surface area contributed by atoms with Crippen molar-refractivity contribution in [1.82, 2.24) is 0 Å². The zero-order chi connectivity index (χ0) is 6.72. The Balaban J connectivity index is 1.88. The molecule has 3 rings (SSSR count). The van der Waals surface area contributed by atoms with Crippen LogP contribution in [0.1, 0.15) is 25.7 Å². The third-order valence-electron chi connectivity index (χ3n) is 3.95. The largest absolute Gasteiger partial charge is 0.299 e. The SMILES string of the molecule is O=C1C[C@H]2[C@@H]3CC[C@@H]3C[C@@H]12. The summed E-state index contributed by atoms with van der Waals surface area (Å²) in [6.45, 7) is 0. The molecule has 0 bridgehead atoms. The van der Waals surface area contributed by atoms with Crippen LogP contribution in [0.4, 0.5) is 0 Å². The first-order valence-electron chi connectivity index (χ1n) is 4.39. The Kier molecular flexibility index (Phi) is 0.781. The first kappa shape index (κ1) is 5.34. The van der Waals surface area contributed by atoms with E-state index in [9.17, 15) is 4.79 Å². The van der Waals surface area contributed by atoms with Crippen LogP contribution >= 0.6 is 0 Å². The van der Waals surface area contributed by atoms with Crippen LogP contribution in [-0.2, 0) is 4.79 Å². The maximum Gasteiger partial charge on any atom is 0.136 e. The quantitative estimate of drug-likeness (QED) is 0.494. The summed E-state index contributed by atoms with van der Waals surface area (Å²) in [6.07, 6.45) is 5.05. The molecule has 3 aliphatic rings. The van der Waals surface area contributed by atoms with Gasteiger partial charge < -0.3 is 0 Å². The van der Waals surface area contributed by atoms with Crippen LogP contribution < -0.4 is 0 Å². The van der Waals surface area contributed by atoms with Gasteiger partial charge in [0.25, 0.3) is 0 Å². The average molecular weight is 136 g/mol. The van der Waals surface area contributed by atoms with Crippen molar-refractivity contribution in [2.45, 2.75) is 25.7 Å². The first-order chi connectivity index (χ1) is 4.86. The van der Waals surface area contributed by atoms with Crippen LogP contribution in [0.15, 0.2) is 0 Å². The molecule has 0 aromatic rings. The van der Waals surface area contributed by atoms with E-state index in [1.807, 2.05) is 0 Å². The van der Waals surface area contributed by atoms with Gasteiger partial charge in [0.15, 0.2) is 0 Å². The predicted octanol–water partition coefficient (Wildman–Crippen LogP) is 1.62. The van der Waals surface area contributed by atoms with E-state index < -0.39 is 0 Å². The van der Waals surface area contributed by atoms with E-state index in [1.165, 1.54) is 19.3 Å². The predicted molar refractivity (Wildman–Crippen MR) is 37.4 cm³/mol. The summed E-state index contributed by atoms with van der Waals surface area (Å²) in [4.78, 5) is 11.0. The lowest BCUT2D eigenvalue weighted by Gasteiger charge is -2.37. The topological polar surface area (TPSA) is 17.1 Å². The highest BCUT2D eigenvalue weighted by atomic mass is 16.1. The monoisotopic (exact) mass is 136 g/mol. The van der Waals surface area contributed by atoms with Crippen molar-refractivity contribution >= 4 is 5.78 Å². The van der Waals surface area contributed by atoms with Gasteiger partial charge in [0, 0.05) is 12.3 Å². The molecular formula is C9H12O. The minimum Gasteiger partial charge on any atom is -0.299 e. The smallest absolute Gasteiger partial charge is 0.136 e. The van der Waals surface area contributed by atoms with E-state index in [0.717, 1.165) is 24.2 Å². The second kappa shape index (κ2) is 1.46. The fourth-order valence-electron chi connectivity index (χ4n) is 3.14. The van der Waals surface area contributed by atoms with Gasteiger partial charge in [-0.2, -0.15) is 0 Å². The molecule has 0 spiro atoms. The van der Waals surface area contributed by atoms with E-state index in [2.05, 4.69) is 0 Å². The van der Waals surface area contributed by atoms with Crippen molar-refractivity contribution in [3.8, 4) is 0 Å². The van der Waals surface area contributed by atoms with E-state index in [-0.39, 0.29) is 0 Å². The molecule has 10 heavy (non-hydrogen) atoms. The Morgan fingerprint density at radius 1 is 1.20 bits per heavy atom. The minimum absolute atomic E-state index is 0.539. The zero-order valence-corrected chi connectivity index (χ0v) is 6.05. The fraction of sp³-hybridized carbons (Fsp3) is 0.889. The molecule has 0 saturated heterocycles. The van der Waals surface area contributed by atoms with Crippen molar-refractivity contribution in [2.75, 3.05) is 0 Å². The summed E-state index contributed by atoms with van der Waals surface area (Å²) in [5.41, 5.74) is 0. The Bertz CT molecular complexity index is 197. The lowest BCUT2D eigenvalue weighted by atomic mass is 9.66. The van der Waals surface area contributed by atoms with Gasteiger partial charge in [-0.25, -0.2) is 0 Å². The molecule has 3 fully saturated rings. The van der Waals surface area contributed by atoms with Gasteiger partial charge in [0.2, 0.25) is 0 Å². The molecule has 0 N–H and O–H groups in total. The Hall–Kier alpha value is -0.330. The summed E-state index contributed by atoms with van der Waals surface area (Å²) in [7, 11) is 0. The maximum atomic E-state index is 11.0. The van der Waals surface area contributed by atoms with Gasteiger partial charge in [0.05, 0.1) is 0 Å². The number of carbonyl (C=O) groups is 1. The normalized spacial score (nSPS) is 56.6. The Morgan fingerprint density at radius 3 is 2.60 bits per heavy atom. The van der Waals surface area contributed by atoms with Crippen molar-refractivity contribution < 1.29 is 4.79 Å². The second-order valence-electron chi connectivity index (χ2n) is 4.18. The van der Waals surface area contributed by atoms with Gasteiger partial charge in [0.1, 0.15) is 5.78 Å². The summed E-state index contributed by atoms with van der Waals surface area (Å²) in [5.74, 6) is 3.92. The minimum atomic E-state index is 0.539. The standard InChI is InChI=1S/C9H12O/c10-9-4-7-6-2-1-5(6)3-8(7)9/h5-8H,1-4H2/t5-,6-,7+,8-/m1/s1. The van der Waals surface area contributed by atoms with E-state index in [4.69, 9.17) is 0 Å². The molecule has 0 heterocycles. The maximum absolute atomic E-state index is 11.0. The van der Waals surface area contributed by atoms with Crippen molar-refractivity contribution in [3.05, 3.63) is 0 Å². The Morgan fingerprint density at radius 2 is 2.10 bits per heavy atom. The van der Waals surface area contributed by atoms with Gasteiger partial charge >= 0.3 is 0 Å². The lowest BCUT2D eigenvalue weighted by molar-refractivity contribution is -0.133. The van der Waals surface area contributed by atoms with E-state index in [1.54, 1.807) is 0 Å². The molecule has 0 unspecified atom stereocenters. The molecule has 54 valence electrons. The third kappa shape index (κ3) is 0.415. The first-order valence-corrected chi connectivity index (χ1v) is 4.39. The van der Waals surface area contributed by atoms with Gasteiger partial charge in [-0.15, -0.1) is 0 Å². The van der Waals surface area contributed by atoms with Crippen molar-refractivity contribution in [3.63, 3.8) is 0 Å². The second-order valence-corrected chi connectivity index (χ2v) is 4.18. The van der Waals surface area contributed by atoms with Gasteiger partial charge in [-0.05, 0) is 37.0 Å². The summed E-state index contributed by atoms with van der Waals surface area (Å²) in [5, 5.41) is 0. The van der Waals surface area contributed by atoms with E-state index in [0.29, 0.717) is 11.7 Å². The molecule has 0 aromatic heterocycles. The molecule has 3 saturated carbocycles. The number of hydrogen-bond acceptors (Lipinski definition) is 1. The van der Waals surface area contributed by atoms with Crippen molar-refractivity contribution in [2.24, 2.45) is 23.7 Å². The number of ketones is 1. The lowest BCUT2D eigenvalue weighted by Crippen LogP contribution is -2.37. The molecule has 0 amide bonds. The van der Waals surface area contributed by atoms with Crippen molar-refractivity contribution in [1.29, 1.82) is 0 Å². The van der Waals surface area contributed by atoms with Gasteiger partial charge in [-0.3, -0.25) is 4.79 Å². The summed E-state index contributed by atoms with van der Waals surface area (Å²) >= 11 is 0. The Labute approximate surface area is 60.8 Å². The van der Waals surface area contributed by atoms with Crippen LogP contribution in [0, 0.1) is 23.7 Å². The highest BCUT2D eigenvalue weighted by Gasteiger charge is 2.56. The number of fused-ring (bicyclic) bond motifs is 3. The number of hydrogen-bond donors (Lipinski definition) is 0.